The van der Waals surface area contributed by atoms with Crippen molar-refractivity contribution in [3.05, 3.63) is 60.8 Å². The van der Waals surface area contributed by atoms with Crippen molar-refractivity contribution < 1.29 is 49.0 Å². The van der Waals surface area contributed by atoms with Gasteiger partial charge < -0.3 is 39.4 Å². The molecule has 4 N–H and O–H groups in total. The van der Waals surface area contributed by atoms with Crippen molar-refractivity contribution >= 4 is 11.9 Å². The lowest BCUT2D eigenvalue weighted by Crippen LogP contribution is -2.59. The van der Waals surface area contributed by atoms with Crippen LogP contribution in [0.15, 0.2) is 60.8 Å². The standard InChI is InChI=1S/C53H92O10/c1-3-5-7-9-11-13-15-17-19-21-23-25-27-29-31-33-35-37-39-41-48(55)60-44-46(45-61-53-52(59)51(58)50(57)47(43-54)63-53)62-49(56)42-40-38-36-34-32-30-28-26-24-22-20-18-16-14-12-10-8-6-4-2/h6,8,12,14,18,20,24,26,30,32,46-47,50-54,57-59H,3-5,7,9-11,13,15-17,19,21-23,25,27-29,31,33-45H2,1-2H3/b8-6-,14-12-,20-18-,26-24-,32-30-. The Morgan fingerprint density at radius 2 is 0.937 bits per heavy atom. The fraction of sp³-hybridized carbons (Fsp3) is 0.774. The molecule has 1 saturated heterocycles. The van der Waals surface area contributed by atoms with Crippen LogP contribution >= 0.6 is 0 Å². The summed E-state index contributed by atoms with van der Waals surface area (Å²) < 4.78 is 22.2. The van der Waals surface area contributed by atoms with Gasteiger partial charge in [0, 0.05) is 12.8 Å². The van der Waals surface area contributed by atoms with Crippen LogP contribution in [0.4, 0.5) is 0 Å². The van der Waals surface area contributed by atoms with E-state index in [-0.39, 0.29) is 32.0 Å². The number of aliphatic hydroxyl groups is 4. The molecule has 1 rings (SSSR count). The molecule has 10 heteroatoms. The van der Waals surface area contributed by atoms with Crippen molar-refractivity contribution in [2.75, 3.05) is 19.8 Å². The van der Waals surface area contributed by atoms with Crippen molar-refractivity contribution in [1.82, 2.24) is 0 Å². The van der Waals surface area contributed by atoms with Crippen LogP contribution in [-0.2, 0) is 28.5 Å². The fourth-order valence-corrected chi connectivity index (χ4v) is 7.45. The Labute approximate surface area is 383 Å². The van der Waals surface area contributed by atoms with Crippen LogP contribution in [0.3, 0.4) is 0 Å². The van der Waals surface area contributed by atoms with Crippen molar-refractivity contribution in [1.29, 1.82) is 0 Å². The minimum absolute atomic E-state index is 0.190. The number of carbonyl (C=O) groups is 2. The van der Waals surface area contributed by atoms with E-state index >= 15 is 0 Å². The van der Waals surface area contributed by atoms with Gasteiger partial charge in [0.1, 0.15) is 31.0 Å². The molecule has 0 aromatic rings. The average Bonchev–Trinajstić information content (AvgIpc) is 3.28. The molecule has 1 aliphatic rings. The number of esters is 2. The monoisotopic (exact) mass is 889 g/mol. The maximum absolute atomic E-state index is 12.8. The summed E-state index contributed by atoms with van der Waals surface area (Å²) in [6, 6.07) is 0. The molecule has 0 saturated carbocycles. The Balaban J connectivity index is 2.30. The Kier molecular flexibility index (Phi) is 40.2. The topological polar surface area (TPSA) is 152 Å². The van der Waals surface area contributed by atoms with Crippen LogP contribution in [0.5, 0.6) is 0 Å². The van der Waals surface area contributed by atoms with E-state index in [4.69, 9.17) is 18.9 Å². The largest absolute Gasteiger partial charge is 0.462 e. The molecule has 0 bridgehead atoms. The summed E-state index contributed by atoms with van der Waals surface area (Å²) in [5.41, 5.74) is 0. The SMILES string of the molecule is CC/C=C\C/C=C\C/C=C\C/C=C\C/C=C\CCCCCC(=O)OC(COC(=O)CCCCCCCCCCCCCCCCCCCCC)COC1OC(CO)C(O)C(O)C1O. The van der Waals surface area contributed by atoms with Crippen LogP contribution in [0.1, 0.15) is 206 Å². The van der Waals surface area contributed by atoms with E-state index in [1.54, 1.807) is 0 Å². The van der Waals surface area contributed by atoms with Gasteiger partial charge in [-0.1, -0.05) is 197 Å². The number of hydrogen-bond donors (Lipinski definition) is 4. The third kappa shape index (κ3) is 34.4. The maximum Gasteiger partial charge on any atom is 0.306 e. The number of allylic oxidation sites excluding steroid dienone is 10. The van der Waals surface area contributed by atoms with Crippen LogP contribution in [0.25, 0.3) is 0 Å². The lowest BCUT2D eigenvalue weighted by Gasteiger charge is -2.39. The molecule has 364 valence electrons. The van der Waals surface area contributed by atoms with E-state index < -0.39 is 49.4 Å². The number of rotatable bonds is 42. The van der Waals surface area contributed by atoms with E-state index in [1.807, 2.05) is 0 Å². The molecule has 10 nitrogen and oxygen atoms in total. The summed E-state index contributed by atoms with van der Waals surface area (Å²) >= 11 is 0. The van der Waals surface area contributed by atoms with E-state index in [9.17, 15) is 30.0 Å². The van der Waals surface area contributed by atoms with Gasteiger partial charge in [-0.05, 0) is 57.8 Å². The molecule has 0 amide bonds. The van der Waals surface area contributed by atoms with Gasteiger partial charge in [0.05, 0.1) is 13.2 Å². The van der Waals surface area contributed by atoms with Crippen LogP contribution < -0.4 is 0 Å². The van der Waals surface area contributed by atoms with Gasteiger partial charge in [-0.3, -0.25) is 9.59 Å². The molecule has 1 aliphatic heterocycles. The zero-order valence-electron chi connectivity index (χ0n) is 39.8. The summed E-state index contributed by atoms with van der Waals surface area (Å²) in [6.07, 6.45) is 46.5. The van der Waals surface area contributed by atoms with Gasteiger partial charge in [-0.25, -0.2) is 0 Å². The third-order valence-corrected chi connectivity index (χ3v) is 11.4. The highest BCUT2D eigenvalue weighted by atomic mass is 16.7. The van der Waals surface area contributed by atoms with Crippen molar-refractivity contribution in [3.63, 3.8) is 0 Å². The highest BCUT2D eigenvalue weighted by molar-refractivity contribution is 5.70. The fourth-order valence-electron chi connectivity index (χ4n) is 7.45. The predicted molar refractivity (Wildman–Crippen MR) is 256 cm³/mol. The second kappa shape index (κ2) is 43.3. The first-order valence-electron chi connectivity index (χ1n) is 25.4. The first-order valence-corrected chi connectivity index (χ1v) is 25.4. The van der Waals surface area contributed by atoms with Gasteiger partial charge in [0.25, 0.3) is 0 Å². The molecule has 6 atom stereocenters. The van der Waals surface area contributed by atoms with Crippen LogP contribution in [0, 0.1) is 0 Å². The number of unbranched alkanes of at least 4 members (excludes halogenated alkanes) is 21. The Morgan fingerprint density at radius 1 is 0.508 bits per heavy atom. The van der Waals surface area contributed by atoms with E-state index in [0.717, 1.165) is 70.6 Å². The molecular weight excluding hydrogens is 797 g/mol. The summed E-state index contributed by atoms with van der Waals surface area (Å²) in [7, 11) is 0. The predicted octanol–water partition coefficient (Wildman–Crippen LogP) is 11.8. The highest BCUT2D eigenvalue weighted by Gasteiger charge is 2.44. The van der Waals surface area contributed by atoms with Gasteiger partial charge in [-0.2, -0.15) is 0 Å². The van der Waals surface area contributed by atoms with Crippen molar-refractivity contribution in [2.24, 2.45) is 0 Å². The number of ether oxygens (including phenoxy) is 4. The quantitative estimate of drug-likeness (QED) is 0.0265. The first-order chi connectivity index (χ1) is 30.8. The molecular formula is C53H92O10. The van der Waals surface area contributed by atoms with Gasteiger partial charge >= 0.3 is 11.9 Å². The molecule has 63 heavy (non-hydrogen) atoms. The number of hydrogen-bond acceptors (Lipinski definition) is 10. The molecule has 0 aliphatic carbocycles. The molecule has 0 spiro atoms. The summed E-state index contributed by atoms with van der Waals surface area (Å²) in [5.74, 6) is -0.840. The zero-order valence-corrected chi connectivity index (χ0v) is 39.8. The minimum atomic E-state index is -1.60. The molecule has 0 aromatic heterocycles. The second-order valence-electron chi connectivity index (χ2n) is 17.2. The average molecular weight is 889 g/mol. The highest BCUT2D eigenvalue weighted by Crippen LogP contribution is 2.23. The molecule has 0 aromatic carbocycles. The van der Waals surface area contributed by atoms with Crippen LogP contribution in [-0.4, -0.2) is 89.0 Å². The molecule has 1 heterocycles. The first kappa shape index (κ1) is 58.4. The number of aliphatic hydroxyl groups excluding tert-OH is 4. The maximum atomic E-state index is 12.8. The Morgan fingerprint density at radius 3 is 1.41 bits per heavy atom. The summed E-state index contributed by atoms with van der Waals surface area (Å²) in [5, 5.41) is 40.2. The summed E-state index contributed by atoms with van der Waals surface area (Å²) in [4.78, 5) is 25.4. The third-order valence-electron chi connectivity index (χ3n) is 11.4. The molecule has 1 fully saturated rings. The Bertz CT molecular complexity index is 1210. The van der Waals surface area contributed by atoms with Crippen LogP contribution in [0.2, 0.25) is 0 Å². The van der Waals surface area contributed by atoms with Gasteiger partial charge in [0.15, 0.2) is 12.4 Å². The van der Waals surface area contributed by atoms with Gasteiger partial charge in [-0.15, -0.1) is 0 Å². The summed E-state index contributed by atoms with van der Waals surface area (Å²) in [6.45, 7) is 3.30. The Hall–Kier alpha value is -2.60. The molecule has 0 radical (unpaired) electrons. The van der Waals surface area contributed by atoms with E-state index in [1.165, 1.54) is 103 Å². The lowest BCUT2D eigenvalue weighted by atomic mass is 9.99. The number of carbonyl (C=O) groups excluding carboxylic acids is 2. The van der Waals surface area contributed by atoms with E-state index in [2.05, 4.69) is 74.6 Å². The van der Waals surface area contributed by atoms with Crippen molar-refractivity contribution in [3.8, 4) is 0 Å². The normalized spacial score (nSPS) is 20.0. The second-order valence-corrected chi connectivity index (χ2v) is 17.2. The van der Waals surface area contributed by atoms with Crippen molar-refractivity contribution in [2.45, 2.75) is 243 Å². The lowest BCUT2D eigenvalue weighted by molar-refractivity contribution is -0.305. The zero-order chi connectivity index (χ0) is 45.9. The minimum Gasteiger partial charge on any atom is -0.462 e. The van der Waals surface area contributed by atoms with E-state index in [0.29, 0.717) is 6.42 Å². The molecule has 6 unspecified atom stereocenters. The smallest absolute Gasteiger partial charge is 0.306 e. The van der Waals surface area contributed by atoms with Gasteiger partial charge in [0.2, 0.25) is 0 Å².